The number of nitrogens with two attached hydrogens (primary N) is 1. The first-order chi connectivity index (χ1) is 9.18. The molecular formula is C14H21FN2O2S. The van der Waals surface area contributed by atoms with Crippen LogP contribution in [0.4, 0.5) is 10.1 Å². The van der Waals surface area contributed by atoms with Crippen LogP contribution in [0.2, 0.25) is 0 Å². The van der Waals surface area contributed by atoms with Gasteiger partial charge in [0, 0.05) is 17.8 Å². The number of rotatable bonds is 5. The average molecular weight is 300 g/mol. The number of hydrogen-bond donors (Lipinski definition) is 2. The molecule has 1 aliphatic rings. The van der Waals surface area contributed by atoms with Crippen LogP contribution in [0.5, 0.6) is 0 Å². The fourth-order valence-corrected chi connectivity index (χ4v) is 3.46. The number of nitrogens with one attached hydrogen (secondary N) is 1. The van der Waals surface area contributed by atoms with E-state index in [1.165, 1.54) is 13.0 Å². The molecule has 1 fully saturated rings. The zero-order valence-electron chi connectivity index (χ0n) is 12.0. The minimum atomic E-state index is -3.72. The Morgan fingerprint density at radius 1 is 1.40 bits per heavy atom. The van der Waals surface area contributed by atoms with Crippen LogP contribution in [0.15, 0.2) is 17.0 Å². The lowest BCUT2D eigenvalue weighted by atomic mass is 9.93. The molecule has 1 aliphatic carbocycles. The van der Waals surface area contributed by atoms with Crippen molar-refractivity contribution in [3.63, 3.8) is 0 Å². The van der Waals surface area contributed by atoms with Gasteiger partial charge < -0.3 is 5.73 Å². The maximum Gasteiger partial charge on any atom is 0.240 e. The van der Waals surface area contributed by atoms with Crippen LogP contribution in [-0.4, -0.2) is 15.0 Å². The van der Waals surface area contributed by atoms with E-state index in [-0.39, 0.29) is 21.6 Å². The van der Waals surface area contributed by atoms with Crippen molar-refractivity contribution in [3.05, 3.63) is 23.5 Å². The lowest BCUT2D eigenvalue weighted by Gasteiger charge is -2.20. The van der Waals surface area contributed by atoms with Gasteiger partial charge in [-0.25, -0.2) is 17.5 Å². The van der Waals surface area contributed by atoms with Crippen molar-refractivity contribution >= 4 is 15.7 Å². The summed E-state index contributed by atoms with van der Waals surface area (Å²) in [6.07, 6.45) is 2.05. The summed E-state index contributed by atoms with van der Waals surface area (Å²) in [6.45, 7) is 6.09. The van der Waals surface area contributed by atoms with Crippen LogP contribution in [0.3, 0.4) is 0 Å². The standard InChI is InChI=1S/C14H21FN2O2S/c1-9(2)14(4-5-14)8-17-20(18,19)11-6-12(15)10(3)13(16)7-11/h6-7,9,17H,4-5,8,16H2,1-3H3. The number of hydrogen-bond acceptors (Lipinski definition) is 3. The Bertz CT molecular complexity index is 599. The number of nitrogen functional groups attached to an aromatic ring is 1. The van der Waals surface area contributed by atoms with E-state index in [1.807, 2.05) is 0 Å². The van der Waals surface area contributed by atoms with Crippen molar-refractivity contribution in [2.24, 2.45) is 11.3 Å². The van der Waals surface area contributed by atoms with Crippen molar-refractivity contribution < 1.29 is 12.8 Å². The van der Waals surface area contributed by atoms with Crippen molar-refractivity contribution in [1.29, 1.82) is 0 Å². The minimum Gasteiger partial charge on any atom is -0.398 e. The van der Waals surface area contributed by atoms with Crippen molar-refractivity contribution in [2.45, 2.75) is 38.5 Å². The zero-order chi connectivity index (χ0) is 15.1. The number of sulfonamides is 1. The fourth-order valence-electron chi connectivity index (χ4n) is 2.27. The summed E-state index contributed by atoms with van der Waals surface area (Å²) < 4.78 is 40.6. The van der Waals surface area contributed by atoms with Gasteiger partial charge in [-0.15, -0.1) is 0 Å². The second-order valence-corrected chi connectivity index (χ2v) is 7.73. The smallest absolute Gasteiger partial charge is 0.240 e. The molecule has 0 bridgehead atoms. The molecule has 0 unspecified atom stereocenters. The first kappa shape index (κ1) is 15.3. The monoisotopic (exact) mass is 300 g/mol. The lowest BCUT2D eigenvalue weighted by Crippen LogP contribution is -2.32. The predicted octanol–water partition coefficient (Wildman–Crippen LogP) is 2.43. The van der Waals surface area contributed by atoms with E-state index in [0.29, 0.717) is 12.5 Å². The molecule has 1 saturated carbocycles. The Hall–Kier alpha value is -1.14. The maximum atomic E-state index is 13.6. The molecule has 1 aromatic carbocycles. The molecule has 0 amide bonds. The Labute approximate surface area is 119 Å². The Kier molecular flexibility index (Phi) is 3.81. The molecule has 0 heterocycles. The quantitative estimate of drug-likeness (QED) is 0.820. The molecule has 3 N–H and O–H groups in total. The molecule has 6 heteroatoms. The van der Waals surface area contributed by atoms with Gasteiger partial charge in [0.05, 0.1) is 4.90 Å². The van der Waals surface area contributed by atoms with Crippen LogP contribution in [0.25, 0.3) is 0 Å². The molecule has 1 aromatic rings. The Morgan fingerprint density at radius 2 is 2.00 bits per heavy atom. The van der Waals surface area contributed by atoms with Gasteiger partial charge in [0.25, 0.3) is 0 Å². The van der Waals surface area contributed by atoms with Gasteiger partial charge in [0.1, 0.15) is 5.82 Å². The van der Waals surface area contributed by atoms with Crippen LogP contribution >= 0.6 is 0 Å². The molecule has 20 heavy (non-hydrogen) atoms. The van der Waals surface area contributed by atoms with E-state index in [4.69, 9.17) is 5.73 Å². The van der Waals surface area contributed by atoms with E-state index in [9.17, 15) is 12.8 Å². The largest absolute Gasteiger partial charge is 0.398 e. The second-order valence-electron chi connectivity index (χ2n) is 5.96. The molecule has 2 rings (SSSR count). The highest BCUT2D eigenvalue weighted by atomic mass is 32.2. The van der Waals surface area contributed by atoms with Gasteiger partial charge in [0.15, 0.2) is 0 Å². The summed E-state index contributed by atoms with van der Waals surface area (Å²) in [4.78, 5) is -0.113. The van der Waals surface area contributed by atoms with Crippen molar-refractivity contribution in [1.82, 2.24) is 4.72 Å². The van der Waals surface area contributed by atoms with Gasteiger partial charge in [-0.1, -0.05) is 13.8 Å². The van der Waals surface area contributed by atoms with Crippen LogP contribution in [-0.2, 0) is 10.0 Å². The minimum absolute atomic E-state index is 0.0574. The zero-order valence-corrected chi connectivity index (χ0v) is 12.8. The number of halogens is 1. The van der Waals surface area contributed by atoms with Gasteiger partial charge in [-0.05, 0) is 43.2 Å². The van der Waals surface area contributed by atoms with Gasteiger partial charge in [-0.2, -0.15) is 0 Å². The van der Waals surface area contributed by atoms with E-state index in [1.54, 1.807) is 0 Å². The second kappa shape index (κ2) is 5.00. The number of benzene rings is 1. The molecule has 0 atom stereocenters. The summed E-state index contributed by atoms with van der Waals surface area (Å²) in [5, 5.41) is 0. The summed E-state index contributed by atoms with van der Waals surface area (Å²) >= 11 is 0. The van der Waals surface area contributed by atoms with Crippen molar-refractivity contribution in [2.75, 3.05) is 12.3 Å². The highest BCUT2D eigenvalue weighted by Gasteiger charge is 2.45. The average Bonchev–Trinajstić information content (AvgIpc) is 3.14. The summed E-state index contributed by atoms with van der Waals surface area (Å²) in [5.74, 6) is -0.180. The first-order valence-corrected chi connectivity index (χ1v) is 8.21. The van der Waals surface area contributed by atoms with Gasteiger partial charge in [0.2, 0.25) is 10.0 Å². The number of anilines is 1. The Morgan fingerprint density at radius 3 is 2.45 bits per heavy atom. The molecule has 0 spiro atoms. The molecule has 0 aromatic heterocycles. The molecule has 0 aliphatic heterocycles. The third-order valence-corrected chi connectivity index (χ3v) is 5.78. The third-order valence-electron chi connectivity index (χ3n) is 4.40. The van der Waals surface area contributed by atoms with Crippen LogP contribution in [0.1, 0.15) is 32.3 Å². The fraction of sp³-hybridized carbons (Fsp3) is 0.571. The van der Waals surface area contributed by atoms with E-state index in [0.717, 1.165) is 18.9 Å². The van der Waals surface area contributed by atoms with Gasteiger partial charge in [-0.3, -0.25) is 0 Å². The molecule has 4 nitrogen and oxygen atoms in total. The molecule has 0 saturated heterocycles. The van der Waals surface area contributed by atoms with Crippen LogP contribution < -0.4 is 10.5 Å². The molecule has 112 valence electrons. The highest BCUT2D eigenvalue weighted by Crippen LogP contribution is 2.51. The molecule has 0 radical (unpaired) electrons. The topological polar surface area (TPSA) is 72.2 Å². The van der Waals surface area contributed by atoms with Gasteiger partial charge >= 0.3 is 0 Å². The van der Waals surface area contributed by atoms with Crippen LogP contribution in [0, 0.1) is 24.1 Å². The SMILES string of the molecule is Cc1c(N)cc(S(=O)(=O)NCC2(C(C)C)CC2)cc1F. The summed E-state index contributed by atoms with van der Waals surface area (Å²) in [5.41, 5.74) is 6.10. The highest BCUT2D eigenvalue weighted by molar-refractivity contribution is 7.89. The van der Waals surface area contributed by atoms with E-state index < -0.39 is 15.8 Å². The predicted molar refractivity (Wildman–Crippen MR) is 77.2 cm³/mol. The first-order valence-electron chi connectivity index (χ1n) is 6.73. The van der Waals surface area contributed by atoms with E-state index in [2.05, 4.69) is 18.6 Å². The van der Waals surface area contributed by atoms with E-state index >= 15 is 0 Å². The third kappa shape index (κ3) is 2.81. The van der Waals surface area contributed by atoms with Crippen molar-refractivity contribution in [3.8, 4) is 0 Å². The Balaban J connectivity index is 2.19. The maximum absolute atomic E-state index is 13.6. The molecular weight excluding hydrogens is 279 g/mol. The summed E-state index contributed by atoms with van der Waals surface area (Å²) in [6, 6.07) is 2.32. The normalized spacial score (nSPS) is 17.4. The lowest BCUT2D eigenvalue weighted by molar-refractivity contribution is 0.357. The summed E-state index contributed by atoms with van der Waals surface area (Å²) in [7, 11) is -3.72.